The van der Waals surface area contributed by atoms with Crippen LogP contribution >= 0.6 is 0 Å². The first-order valence-corrected chi connectivity index (χ1v) is 4.60. The topological polar surface area (TPSA) is 23.6 Å². The highest BCUT2D eigenvalue weighted by Crippen LogP contribution is 2.06. The molecule has 1 heterocycles. The first-order valence-electron chi connectivity index (χ1n) is 4.60. The second-order valence-electron chi connectivity index (χ2n) is 3.63. The molecule has 0 bridgehead atoms. The molecule has 0 saturated carbocycles. The van der Waals surface area contributed by atoms with Crippen molar-refractivity contribution in [1.82, 2.24) is 9.80 Å². The van der Waals surface area contributed by atoms with Crippen molar-refractivity contribution in [1.29, 1.82) is 0 Å². The molecule has 1 aliphatic heterocycles. The summed E-state index contributed by atoms with van der Waals surface area (Å²) in [5.41, 5.74) is 0. The highest BCUT2D eigenvalue weighted by Gasteiger charge is 2.18. The van der Waals surface area contributed by atoms with Crippen LogP contribution in [0.15, 0.2) is 0 Å². The van der Waals surface area contributed by atoms with E-state index in [1.807, 2.05) is 0 Å². The fourth-order valence-electron chi connectivity index (χ4n) is 1.79. The van der Waals surface area contributed by atoms with Crippen molar-refractivity contribution in [3.05, 3.63) is 0 Å². The summed E-state index contributed by atoms with van der Waals surface area (Å²) < 4.78 is 0. The number of carbonyl (C=O) groups is 1. The summed E-state index contributed by atoms with van der Waals surface area (Å²) in [7, 11) is 2.14. The lowest BCUT2D eigenvalue weighted by Crippen LogP contribution is -2.38. The summed E-state index contributed by atoms with van der Waals surface area (Å²) in [6.45, 7) is 6.07. The summed E-state index contributed by atoms with van der Waals surface area (Å²) >= 11 is 0. The van der Waals surface area contributed by atoms with Gasteiger partial charge in [-0.1, -0.05) is 0 Å². The maximum absolute atomic E-state index is 10.4. The van der Waals surface area contributed by atoms with Crippen LogP contribution in [0.25, 0.3) is 0 Å². The second-order valence-corrected chi connectivity index (χ2v) is 3.63. The van der Waals surface area contributed by atoms with Crippen molar-refractivity contribution in [2.45, 2.75) is 19.4 Å². The predicted molar refractivity (Wildman–Crippen MR) is 49.2 cm³/mol. The van der Waals surface area contributed by atoms with Gasteiger partial charge < -0.3 is 9.69 Å². The minimum atomic E-state index is 0.516. The van der Waals surface area contributed by atoms with Crippen LogP contribution < -0.4 is 0 Å². The van der Waals surface area contributed by atoms with Crippen LogP contribution in [0.4, 0.5) is 0 Å². The van der Waals surface area contributed by atoms with Gasteiger partial charge in [-0.15, -0.1) is 0 Å². The van der Waals surface area contributed by atoms with Crippen LogP contribution in [0.2, 0.25) is 0 Å². The summed E-state index contributed by atoms with van der Waals surface area (Å²) in [6, 6.07) is 0.516. The highest BCUT2D eigenvalue weighted by atomic mass is 16.1. The van der Waals surface area contributed by atoms with Gasteiger partial charge in [0.05, 0.1) is 6.54 Å². The molecule has 1 rings (SSSR count). The number of aldehydes is 1. The maximum Gasteiger partial charge on any atom is 0.133 e. The zero-order valence-corrected chi connectivity index (χ0v) is 7.99. The molecular weight excluding hydrogens is 152 g/mol. The minimum Gasteiger partial charge on any atom is -0.305 e. The Labute approximate surface area is 74.3 Å². The van der Waals surface area contributed by atoms with Crippen molar-refractivity contribution in [3.8, 4) is 0 Å². The Kier molecular flexibility index (Phi) is 3.69. The number of rotatable bonds is 2. The molecule has 70 valence electrons. The van der Waals surface area contributed by atoms with Gasteiger partial charge >= 0.3 is 0 Å². The fraction of sp³-hybridized carbons (Fsp3) is 0.889. The van der Waals surface area contributed by atoms with Gasteiger partial charge in [0.15, 0.2) is 0 Å². The number of likely N-dealkylation sites (N-methyl/N-ethyl adjacent to an activating group) is 1. The van der Waals surface area contributed by atoms with Gasteiger partial charge in [-0.2, -0.15) is 0 Å². The Bertz CT molecular complexity index is 149. The quantitative estimate of drug-likeness (QED) is 0.554. The lowest BCUT2D eigenvalue weighted by molar-refractivity contribution is -0.109. The Hall–Kier alpha value is -0.410. The molecule has 3 heteroatoms. The van der Waals surface area contributed by atoms with Gasteiger partial charge in [0.1, 0.15) is 6.29 Å². The summed E-state index contributed by atoms with van der Waals surface area (Å²) in [5, 5.41) is 0. The van der Waals surface area contributed by atoms with Crippen molar-refractivity contribution < 1.29 is 4.79 Å². The average Bonchev–Trinajstić information content (AvgIpc) is 2.15. The molecule has 0 aliphatic carbocycles. The van der Waals surface area contributed by atoms with Gasteiger partial charge in [-0.25, -0.2) is 0 Å². The van der Waals surface area contributed by atoms with E-state index < -0.39 is 0 Å². The van der Waals surface area contributed by atoms with E-state index in [2.05, 4.69) is 23.8 Å². The van der Waals surface area contributed by atoms with E-state index in [4.69, 9.17) is 0 Å². The summed E-state index contributed by atoms with van der Waals surface area (Å²) in [4.78, 5) is 14.9. The van der Waals surface area contributed by atoms with E-state index in [0.717, 1.165) is 25.9 Å². The second kappa shape index (κ2) is 4.58. The van der Waals surface area contributed by atoms with Gasteiger partial charge in [0.25, 0.3) is 0 Å². The molecular formula is C9H18N2O. The monoisotopic (exact) mass is 170 g/mol. The van der Waals surface area contributed by atoms with E-state index in [1.165, 1.54) is 6.42 Å². The Balaban J connectivity index is 2.45. The Morgan fingerprint density at radius 1 is 1.50 bits per heavy atom. The molecule has 1 aliphatic rings. The predicted octanol–water partition coefficient (Wildman–Crippen LogP) is 0.211. The number of carbonyl (C=O) groups excluding carboxylic acids is 1. The Morgan fingerprint density at radius 2 is 2.25 bits per heavy atom. The third-order valence-electron chi connectivity index (χ3n) is 2.49. The molecule has 1 atom stereocenters. The van der Waals surface area contributed by atoms with Crippen LogP contribution in [0.1, 0.15) is 13.3 Å². The molecule has 1 fully saturated rings. The third kappa shape index (κ3) is 2.57. The van der Waals surface area contributed by atoms with E-state index in [-0.39, 0.29) is 0 Å². The molecule has 3 nitrogen and oxygen atoms in total. The average molecular weight is 170 g/mol. The van der Waals surface area contributed by atoms with Gasteiger partial charge in [-0.05, 0) is 26.9 Å². The smallest absolute Gasteiger partial charge is 0.133 e. The van der Waals surface area contributed by atoms with Crippen molar-refractivity contribution >= 4 is 6.29 Å². The molecule has 0 aromatic carbocycles. The van der Waals surface area contributed by atoms with E-state index in [9.17, 15) is 4.79 Å². The minimum absolute atomic E-state index is 0.516. The molecule has 1 saturated heterocycles. The number of hydrogen-bond donors (Lipinski definition) is 0. The van der Waals surface area contributed by atoms with E-state index in [0.29, 0.717) is 12.6 Å². The van der Waals surface area contributed by atoms with Crippen molar-refractivity contribution in [2.75, 3.05) is 33.2 Å². The van der Waals surface area contributed by atoms with Crippen LogP contribution in [0, 0.1) is 0 Å². The molecule has 1 unspecified atom stereocenters. The van der Waals surface area contributed by atoms with Crippen molar-refractivity contribution in [3.63, 3.8) is 0 Å². The van der Waals surface area contributed by atoms with Gasteiger partial charge in [-0.3, -0.25) is 4.90 Å². The summed E-state index contributed by atoms with van der Waals surface area (Å²) in [6.07, 6.45) is 2.18. The Morgan fingerprint density at radius 3 is 2.92 bits per heavy atom. The maximum atomic E-state index is 10.4. The van der Waals surface area contributed by atoms with Gasteiger partial charge in [0, 0.05) is 19.1 Å². The zero-order chi connectivity index (χ0) is 8.97. The van der Waals surface area contributed by atoms with Crippen LogP contribution in [0.5, 0.6) is 0 Å². The van der Waals surface area contributed by atoms with E-state index in [1.54, 1.807) is 0 Å². The SMILES string of the molecule is CC1CN(C)CCCN1CC=O. The zero-order valence-electron chi connectivity index (χ0n) is 7.99. The molecule has 0 aromatic rings. The molecule has 0 aromatic heterocycles. The lowest BCUT2D eigenvalue weighted by atomic mass is 10.3. The molecule has 0 amide bonds. The fourth-order valence-corrected chi connectivity index (χ4v) is 1.79. The van der Waals surface area contributed by atoms with Crippen LogP contribution in [-0.4, -0.2) is 55.4 Å². The highest BCUT2D eigenvalue weighted by molar-refractivity contribution is 5.52. The molecule has 0 spiro atoms. The molecule has 12 heavy (non-hydrogen) atoms. The molecule has 0 N–H and O–H groups in total. The normalized spacial score (nSPS) is 28.3. The van der Waals surface area contributed by atoms with Crippen LogP contribution in [-0.2, 0) is 4.79 Å². The largest absolute Gasteiger partial charge is 0.305 e. The third-order valence-corrected chi connectivity index (χ3v) is 2.49. The first kappa shape index (κ1) is 9.68. The standard InChI is InChI=1S/C9H18N2O/c1-9-8-10(2)4-3-5-11(9)6-7-12/h7,9H,3-6,8H2,1-2H3. The van der Waals surface area contributed by atoms with Gasteiger partial charge in [0.2, 0.25) is 0 Å². The number of hydrogen-bond acceptors (Lipinski definition) is 3. The van der Waals surface area contributed by atoms with Crippen LogP contribution in [0.3, 0.4) is 0 Å². The first-order chi connectivity index (χ1) is 5.74. The molecule has 0 radical (unpaired) electrons. The van der Waals surface area contributed by atoms with E-state index >= 15 is 0 Å². The number of nitrogens with zero attached hydrogens (tertiary/aromatic N) is 2. The summed E-state index contributed by atoms with van der Waals surface area (Å²) in [5.74, 6) is 0. The van der Waals surface area contributed by atoms with Crippen molar-refractivity contribution in [2.24, 2.45) is 0 Å². The lowest BCUT2D eigenvalue weighted by Gasteiger charge is -2.25.